The molecule has 144 valence electrons. The van der Waals surface area contributed by atoms with Crippen molar-refractivity contribution < 1.29 is 9.53 Å². The summed E-state index contributed by atoms with van der Waals surface area (Å²) in [6.07, 6.45) is 4.26. The summed E-state index contributed by atoms with van der Waals surface area (Å²) < 4.78 is 5.35. The minimum absolute atomic E-state index is 0. The van der Waals surface area contributed by atoms with Gasteiger partial charge in [-0.3, -0.25) is 9.69 Å². The number of nitrogens with two attached hydrogens (primary N) is 1. The molecule has 5 nitrogen and oxygen atoms in total. The van der Waals surface area contributed by atoms with Crippen LogP contribution in [-0.4, -0.2) is 49.7 Å². The van der Waals surface area contributed by atoms with Gasteiger partial charge in [0.15, 0.2) is 0 Å². The molecule has 8 heteroatoms. The van der Waals surface area contributed by atoms with Crippen molar-refractivity contribution in [2.45, 2.75) is 37.8 Å². The molecule has 2 atom stereocenters. The normalized spacial score (nSPS) is 21.0. The lowest BCUT2D eigenvalue weighted by atomic mass is 9.92. The number of nitrogens with zero attached hydrogens (tertiary/aromatic N) is 1. The maximum absolute atomic E-state index is 12.4. The molecule has 1 amide bonds. The third-order valence-electron chi connectivity index (χ3n) is 5.00. The summed E-state index contributed by atoms with van der Waals surface area (Å²) in [6, 6.07) is 4.11. The van der Waals surface area contributed by atoms with E-state index in [1.165, 1.54) is 17.7 Å². The molecule has 0 bridgehead atoms. The van der Waals surface area contributed by atoms with E-state index in [1.807, 2.05) is 0 Å². The topological polar surface area (TPSA) is 67.6 Å². The van der Waals surface area contributed by atoms with Crippen molar-refractivity contribution in [3.8, 4) is 0 Å². The number of thiophene rings is 1. The van der Waals surface area contributed by atoms with Gasteiger partial charge in [0.05, 0.1) is 12.1 Å². The Labute approximate surface area is 166 Å². The molecular weight excluding hydrogens is 381 g/mol. The number of hydrogen-bond acceptors (Lipinski definition) is 5. The Hall–Kier alpha value is -0.370. The van der Waals surface area contributed by atoms with Crippen LogP contribution in [0.25, 0.3) is 0 Å². The van der Waals surface area contributed by atoms with Gasteiger partial charge < -0.3 is 15.8 Å². The number of nitrogens with one attached hydrogen (secondary N) is 1. The van der Waals surface area contributed by atoms with Crippen LogP contribution in [0.1, 0.15) is 36.6 Å². The van der Waals surface area contributed by atoms with E-state index in [2.05, 4.69) is 27.7 Å². The van der Waals surface area contributed by atoms with Crippen LogP contribution in [0.15, 0.2) is 17.5 Å². The van der Waals surface area contributed by atoms with Crippen LogP contribution in [0.4, 0.5) is 0 Å². The molecule has 0 radical (unpaired) electrons. The number of halogens is 2. The molecule has 0 aliphatic carbocycles. The Morgan fingerprint density at radius 2 is 2.00 bits per heavy atom. The lowest BCUT2D eigenvalue weighted by molar-refractivity contribution is -0.124. The monoisotopic (exact) mass is 409 g/mol. The van der Waals surface area contributed by atoms with Gasteiger partial charge in [-0.1, -0.05) is 6.07 Å². The van der Waals surface area contributed by atoms with E-state index in [1.54, 1.807) is 11.3 Å². The Bertz CT molecular complexity index is 492. The molecule has 2 fully saturated rings. The summed E-state index contributed by atoms with van der Waals surface area (Å²) in [7, 11) is 0. The zero-order valence-electron chi connectivity index (χ0n) is 14.4. The van der Waals surface area contributed by atoms with Crippen LogP contribution in [-0.2, 0) is 9.53 Å². The molecular formula is C17H29Cl2N3O2S. The van der Waals surface area contributed by atoms with Crippen LogP contribution in [0, 0.1) is 5.92 Å². The van der Waals surface area contributed by atoms with Crippen molar-refractivity contribution in [1.82, 2.24) is 10.2 Å². The van der Waals surface area contributed by atoms with Gasteiger partial charge in [0.1, 0.15) is 0 Å². The van der Waals surface area contributed by atoms with E-state index in [0.717, 1.165) is 39.1 Å². The summed E-state index contributed by atoms with van der Waals surface area (Å²) in [5.74, 6) is 0.230. The summed E-state index contributed by atoms with van der Waals surface area (Å²) in [6.45, 7) is 4.32. The fraction of sp³-hybridized carbons (Fsp3) is 0.706. The van der Waals surface area contributed by atoms with E-state index in [9.17, 15) is 4.79 Å². The van der Waals surface area contributed by atoms with Crippen molar-refractivity contribution in [2.75, 3.05) is 32.8 Å². The summed E-state index contributed by atoms with van der Waals surface area (Å²) in [5, 5.41) is 5.21. The summed E-state index contributed by atoms with van der Waals surface area (Å²) in [4.78, 5) is 16.2. The maximum Gasteiger partial charge on any atom is 0.237 e. The van der Waals surface area contributed by atoms with Gasteiger partial charge in [-0.05, 0) is 56.1 Å². The van der Waals surface area contributed by atoms with E-state index < -0.39 is 6.04 Å². The Kier molecular flexibility index (Phi) is 10.3. The van der Waals surface area contributed by atoms with E-state index in [4.69, 9.17) is 10.5 Å². The SMILES string of the molecule is Cl.Cl.NC(C(=O)NCC(c1cccs1)N1CCCC1)C1CCOCC1. The predicted molar refractivity (Wildman–Crippen MR) is 107 cm³/mol. The van der Waals surface area contributed by atoms with Gasteiger partial charge in [-0.15, -0.1) is 36.2 Å². The molecule has 2 aliphatic rings. The molecule has 0 spiro atoms. The van der Waals surface area contributed by atoms with E-state index in [0.29, 0.717) is 6.54 Å². The quantitative estimate of drug-likeness (QED) is 0.757. The van der Waals surface area contributed by atoms with Crippen molar-refractivity contribution in [2.24, 2.45) is 11.7 Å². The summed E-state index contributed by atoms with van der Waals surface area (Å²) in [5.41, 5.74) is 6.17. The maximum atomic E-state index is 12.4. The molecule has 3 rings (SSSR count). The van der Waals surface area contributed by atoms with Crippen LogP contribution in [0.2, 0.25) is 0 Å². The number of ether oxygens (including phenoxy) is 1. The third-order valence-corrected chi connectivity index (χ3v) is 5.97. The standard InChI is InChI=1S/C17H27N3O2S.2ClH/c18-16(13-5-9-22-10-6-13)17(21)19-12-14(15-4-3-11-23-15)20-7-1-2-8-20;;/h3-4,11,13-14,16H,1-2,5-10,12,18H2,(H,19,21);2*1H. The zero-order chi connectivity index (χ0) is 16.1. The number of rotatable bonds is 6. The van der Waals surface area contributed by atoms with Crippen molar-refractivity contribution in [1.29, 1.82) is 0 Å². The minimum atomic E-state index is -0.415. The highest BCUT2D eigenvalue weighted by Crippen LogP contribution is 2.28. The fourth-order valence-electron chi connectivity index (χ4n) is 3.55. The molecule has 0 saturated carbocycles. The molecule has 3 heterocycles. The van der Waals surface area contributed by atoms with Crippen LogP contribution >= 0.6 is 36.2 Å². The zero-order valence-corrected chi connectivity index (χ0v) is 16.8. The first-order valence-electron chi connectivity index (χ1n) is 8.64. The molecule has 3 N–H and O–H groups in total. The largest absolute Gasteiger partial charge is 0.381 e. The Morgan fingerprint density at radius 3 is 2.60 bits per heavy atom. The average molecular weight is 410 g/mol. The van der Waals surface area contributed by atoms with Gasteiger partial charge >= 0.3 is 0 Å². The minimum Gasteiger partial charge on any atom is -0.381 e. The van der Waals surface area contributed by atoms with Crippen molar-refractivity contribution in [3.63, 3.8) is 0 Å². The Morgan fingerprint density at radius 1 is 1.32 bits per heavy atom. The first-order chi connectivity index (χ1) is 11.3. The number of carbonyl (C=O) groups is 1. The van der Waals surface area contributed by atoms with Crippen LogP contribution in [0.5, 0.6) is 0 Å². The third kappa shape index (κ3) is 6.08. The van der Waals surface area contributed by atoms with E-state index in [-0.39, 0.29) is 42.7 Å². The molecule has 2 saturated heterocycles. The van der Waals surface area contributed by atoms with Gasteiger partial charge in [-0.25, -0.2) is 0 Å². The average Bonchev–Trinajstić information content (AvgIpc) is 3.29. The molecule has 1 aromatic heterocycles. The van der Waals surface area contributed by atoms with Crippen molar-refractivity contribution >= 4 is 42.1 Å². The molecule has 2 aliphatic heterocycles. The van der Waals surface area contributed by atoms with Gasteiger partial charge in [0.2, 0.25) is 5.91 Å². The highest BCUT2D eigenvalue weighted by Gasteiger charge is 2.29. The fourth-order valence-corrected chi connectivity index (χ4v) is 4.41. The number of carbonyl (C=O) groups excluding carboxylic acids is 1. The molecule has 2 unspecified atom stereocenters. The van der Waals surface area contributed by atoms with Crippen LogP contribution < -0.4 is 11.1 Å². The summed E-state index contributed by atoms with van der Waals surface area (Å²) >= 11 is 1.77. The highest BCUT2D eigenvalue weighted by molar-refractivity contribution is 7.10. The second-order valence-electron chi connectivity index (χ2n) is 6.50. The van der Waals surface area contributed by atoms with Gasteiger partial charge in [0.25, 0.3) is 0 Å². The van der Waals surface area contributed by atoms with Gasteiger partial charge in [0, 0.05) is 24.6 Å². The smallest absolute Gasteiger partial charge is 0.237 e. The van der Waals surface area contributed by atoms with E-state index >= 15 is 0 Å². The Balaban J connectivity index is 0.00000156. The first-order valence-corrected chi connectivity index (χ1v) is 9.52. The molecule has 1 aromatic rings. The second kappa shape index (κ2) is 11.4. The van der Waals surface area contributed by atoms with Crippen LogP contribution in [0.3, 0.4) is 0 Å². The second-order valence-corrected chi connectivity index (χ2v) is 7.47. The first kappa shape index (κ1) is 22.7. The number of likely N-dealkylation sites (tertiary alicyclic amines) is 1. The lowest BCUT2D eigenvalue weighted by Gasteiger charge is -2.29. The molecule has 25 heavy (non-hydrogen) atoms. The van der Waals surface area contributed by atoms with Gasteiger partial charge in [-0.2, -0.15) is 0 Å². The number of amides is 1. The highest BCUT2D eigenvalue weighted by atomic mass is 35.5. The molecule has 0 aromatic carbocycles. The van der Waals surface area contributed by atoms with Crippen molar-refractivity contribution in [3.05, 3.63) is 22.4 Å². The number of hydrogen-bond donors (Lipinski definition) is 2. The lowest BCUT2D eigenvalue weighted by Crippen LogP contribution is -2.49. The predicted octanol–water partition coefficient (Wildman–Crippen LogP) is 2.60.